The van der Waals surface area contributed by atoms with Crippen molar-refractivity contribution in [1.29, 1.82) is 0 Å². The van der Waals surface area contributed by atoms with Crippen molar-refractivity contribution >= 4 is 21.6 Å². The zero-order chi connectivity index (χ0) is 13.0. The molecule has 0 radical (unpaired) electrons. The first-order chi connectivity index (χ1) is 9.11. The number of aliphatic hydroxyl groups is 1. The fourth-order valence-electron chi connectivity index (χ4n) is 4.96. The van der Waals surface area contributed by atoms with Crippen molar-refractivity contribution < 1.29 is 5.11 Å². The summed E-state index contributed by atoms with van der Waals surface area (Å²) >= 11 is 3.48. The molecule has 3 unspecified atom stereocenters. The minimum absolute atomic E-state index is 0.325. The minimum Gasteiger partial charge on any atom is -0.390 e. The van der Waals surface area contributed by atoms with E-state index in [-0.39, 0.29) is 5.60 Å². The molecular formula is C16H20BrNO. The predicted octanol–water partition coefficient (Wildman–Crippen LogP) is 3.80. The van der Waals surface area contributed by atoms with Crippen LogP contribution in [0.4, 0.5) is 5.69 Å². The lowest BCUT2D eigenvalue weighted by Crippen LogP contribution is -2.58. The predicted molar refractivity (Wildman–Crippen MR) is 80.1 cm³/mol. The van der Waals surface area contributed by atoms with Gasteiger partial charge in [0.2, 0.25) is 0 Å². The average Bonchev–Trinajstić information content (AvgIpc) is 2.34. The van der Waals surface area contributed by atoms with E-state index in [4.69, 9.17) is 0 Å². The van der Waals surface area contributed by atoms with Crippen molar-refractivity contribution in [1.82, 2.24) is 0 Å². The summed E-state index contributed by atoms with van der Waals surface area (Å²) in [6, 6.07) is 9.03. The van der Waals surface area contributed by atoms with Crippen LogP contribution in [0.2, 0.25) is 0 Å². The number of anilines is 1. The van der Waals surface area contributed by atoms with Gasteiger partial charge in [-0.2, -0.15) is 0 Å². The van der Waals surface area contributed by atoms with Gasteiger partial charge in [-0.1, -0.05) is 15.9 Å². The summed E-state index contributed by atoms with van der Waals surface area (Å²) in [6.45, 7) is 0. The summed E-state index contributed by atoms with van der Waals surface area (Å²) in [5, 5.41) is 14.3. The van der Waals surface area contributed by atoms with Crippen molar-refractivity contribution in [3.8, 4) is 0 Å². The fraction of sp³-hybridized carbons (Fsp3) is 0.625. The number of benzene rings is 1. The second-order valence-electron chi connectivity index (χ2n) is 6.87. The van der Waals surface area contributed by atoms with E-state index in [9.17, 15) is 5.11 Å². The van der Waals surface area contributed by atoms with Gasteiger partial charge in [0.1, 0.15) is 0 Å². The Balaban J connectivity index is 1.55. The number of hydrogen-bond donors (Lipinski definition) is 2. The molecule has 0 aromatic heterocycles. The van der Waals surface area contributed by atoms with Crippen LogP contribution in [0.3, 0.4) is 0 Å². The molecule has 5 rings (SSSR count). The van der Waals surface area contributed by atoms with Gasteiger partial charge in [0.25, 0.3) is 0 Å². The summed E-state index contributed by atoms with van der Waals surface area (Å²) in [5.74, 6) is 2.12. The molecule has 2 nitrogen and oxygen atoms in total. The molecular weight excluding hydrogens is 302 g/mol. The highest BCUT2D eigenvalue weighted by atomic mass is 79.9. The lowest BCUT2D eigenvalue weighted by Gasteiger charge is -2.58. The maximum absolute atomic E-state index is 10.6. The van der Waals surface area contributed by atoms with E-state index in [1.165, 1.54) is 18.5 Å². The van der Waals surface area contributed by atoms with Gasteiger partial charge in [-0.15, -0.1) is 0 Å². The van der Waals surface area contributed by atoms with Gasteiger partial charge in [0.05, 0.1) is 5.60 Å². The normalized spacial score (nSPS) is 43.5. The monoisotopic (exact) mass is 321 g/mol. The molecule has 3 heteroatoms. The zero-order valence-corrected chi connectivity index (χ0v) is 12.6. The summed E-state index contributed by atoms with van der Waals surface area (Å²) in [5.41, 5.74) is 0.890. The van der Waals surface area contributed by atoms with Gasteiger partial charge in [-0.3, -0.25) is 0 Å². The molecule has 1 aromatic rings. The standard InChI is InChI=1S/C16H20BrNO/c17-13-1-3-14(4-2-13)18-15-11-5-10-6-12(15)9-16(19,7-10)8-11/h1-4,10-12,15,18-19H,5-9H2/t10?,11-,12+,15?,16?. The summed E-state index contributed by atoms with van der Waals surface area (Å²) < 4.78 is 1.12. The Kier molecular flexibility index (Phi) is 2.72. The van der Waals surface area contributed by atoms with Crippen LogP contribution < -0.4 is 5.32 Å². The number of hydrogen-bond acceptors (Lipinski definition) is 2. The van der Waals surface area contributed by atoms with Crippen molar-refractivity contribution in [2.75, 3.05) is 5.32 Å². The van der Waals surface area contributed by atoms with E-state index >= 15 is 0 Å². The molecule has 0 aliphatic heterocycles. The lowest BCUT2D eigenvalue weighted by molar-refractivity contribution is -0.129. The Labute approximate surface area is 122 Å². The number of nitrogens with one attached hydrogen (secondary N) is 1. The fourth-order valence-corrected chi connectivity index (χ4v) is 5.22. The second-order valence-corrected chi connectivity index (χ2v) is 7.79. The van der Waals surface area contributed by atoms with Crippen LogP contribution in [0.25, 0.3) is 0 Å². The Morgan fingerprint density at radius 3 is 2.26 bits per heavy atom. The third-order valence-corrected chi connectivity index (χ3v) is 5.95. The summed E-state index contributed by atoms with van der Waals surface area (Å²) in [7, 11) is 0. The van der Waals surface area contributed by atoms with Crippen LogP contribution in [0, 0.1) is 17.8 Å². The topological polar surface area (TPSA) is 32.3 Å². The smallest absolute Gasteiger partial charge is 0.0657 e. The van der Waals surface area contributed by atoms with Gasteiger partial charge < -0.3 is 10.4 Å². The molecule has 0 saturated heterocycles. The van der Waals surface area contributed by atoms with E-state index in [0.29, 0.717) is 17.9 Å². The highest BCUT2D eigenvalue weighted by molar-refractivity contribution is 9.10. The van der Waals surface area contributed by atoms with Crippen LogP contribution in [-0.2, 0) is 0 Å². The Bertz CT molecular complexity index is 470. The second kappa shape index (κ2) is 4.23. The molecule has 0 amide bonds. The van der Waals surface area contributed by atoms with E-state index in [2.05, 4.69) is 45.5 Å². The first kappa shape index (κ1) is 12.2. The van der Waals surface area contributed by atoms with Gasteiger partial charge in [-0.05, 0) is 74.1 Å². The third-order valence-electron chi connectivity index (χ3n) is 5.42. The SMILES string of the molecule is OC12CC3C[C@H](C1)C(Nc1ccc(Br)cc1)[C@@H](C3)C2. The molecule has 2 N–H and O–H groups in total. The minimum atomic E-state index is -0.325. The molecule has 4 fully saturated rings. The molecule has 1 aromatic carbocycles. The van der Waals surface area contributed by atoms with Crippen LogP contribution >= 0.6 is 15.9 Å². The highest BCUT2D eigenvalue weighted by Crippen LogP contribution is 2.56. The highest BCUT2D eigenvalue weighted by Gasteiger charge is 2.54. The number of halogens is 1. The van der Waals surface area contributed by atoms with Crippen molar-refractivity contribution in [2.24, 2.45) is 17.8 Å². The quantitative estimate of drug-likeness (QED) is 0.868. The Morgan fingerprint density at radius 1 is 1.05 bits per heavy atom. The molecule has 0 spiro atoms. The van der Waals surface area contributed by atoms with Crippen molar-refractivity contribution in [2.45, 2.75) is 43.7 Å². The Morgan fingerprint density at radius 2 is 1.68 bits per heavy atom. The maximum atomic E-state index is 10.6. The molecule has 5 atom stereocenters. The van der Waals surface area contributed by atoms with Crippen LogP contribution in [0.15, 0.2) is 28.7 Å². The Hall–Kier alpha value is -0.540. The molecule has 4 aliphatic carbocycles. The summed E-state index contributed by atoms with van der Waals surface area (Å²) in [4.78, 5) is 0. The largest absolute Gasteiger partial charge is 0.390 e. The van der Waals surface area contributed by atoms with E-state index in [1.807, 2.05) is 0 Å². The van der Waals surface area contributed by atoms with Crippen molar-refractivity contribution in [3.63, 3.8) is 0 Å². The van der Waals surface area contributed by atoms with Crippen molar-refractivity contribution in [3.05, 3.63) is 28.7 Å². The van der Waals surface area contributed by atoms with Gasteiger partial charge in [-0.25, -0.2) is 0 Å². The van der Waals surface area contributed by atoms with Gasteiger partial charge in [0, 0.05) is 16.2 Å². The van der Waals surface area contributed by atoms with Crippen LogP contribution in [0.5, 0.6) is 0 Å². The molecule has 4 aliphatic rings. The maximum Gasteiger partial charge on any atom is 0.0657 e. The molecule has 0 heterocycles. The van der Waals surface area contributed by atoms with Crippen LogP contribution in [-0.4, -0.2) is 16.7 Å². The first-order valence-electron chi connectivity index (χ1n) is 7.36. The molecule has 19 heavy (non-hydrogen) atoms. The van der Waals surface area contributed by atoms with E-state index in [0.717, 1.165) is 29.7 Å². The van der Waals surface area contributed by atoms with Crippen LogP contribution in [0.1, 0.15) is 32.1 Å². The third kappa shape index (κ3) is 2.11. The molecule has 102 valence electrons. The summed E-state index contributed by atoms with van der Waals surface area (Å²) in [6.07, 6.45) is 5.70. The van der Waals surface area contributed by atoms with Gasteiger partial charge >= 0.3 is 0 Å². The van der Waals surface area contributed by atoms with Gasteiger partial charge in [0.15, 0.2) is 0 Å². The number of rotatable bonds is 2. The first-order valence-corrected chi connectivity index (χ1v) is 8.15. The zero-order valence-electron chi connectivity index (χ0n) is 11.0. The molecule has 4 saturated carbocycles. The van der Waals surface area contributed by atoms with E-state index < -0.39 is 0 Å². The lowest BCUT2D eigenvalue weighted by atomic mass is 9.52. The average molecular weight is 322 g/mol. The van der Waals surface area contributed by atoms with E-state index in [1.54, 1.807) is 0 Å². The molecule has 4 bridgehead atoms.